The van der Waals surface area contributed by atoms with E-state index in [2.05, 4.69) is 15.1 Å². The van der Waals surface area contributed by atoms with Crippen molar-refractivity contribution in [2.24, 2.45) is 7.05 Å². The van der Waals surface area contributed by atoms with Gasteiger partial charge in [-0.1, -0.05) is 0 Å². The van der Waals surface area contributed by atoms with Gasteiger partial charge in [0.05, 0.1) is 13.2 Å². The quantitative estimate of drug-likeness (QED) is 0.913. The van der Waals surface area contributed by atoms with Crippen LogP contribution in [0.15, 0.2) is 18.5 Å². The number of aromatic nitrogens is 4. The molecule has 2 aromatic rings. The first-order chi connectivity index (χ1) is 10.6. The van der Waals surface area contributed by atoms with E-state index in [1.54, 1.807) is 17.1 Å². The van der Waals surface area contributed by atoms with Crippen LogP contribution in [-0.4, -0.2) is 50.3 Å². The van der Waals surface area contributed by atoms with E-state index in [9.17, 15) is 4.79 Å². The number of H-pyrrole nitrogens is 1. The lowest BCUT2D eigenvalue weighted by Gasteiger charge is -2.34. The number of hydrogen-bond acceptors (Lipinski definition) is 4. The molecule has 0 bridgehead atoms. The number of carbonyl (C=O) groups excluding carboxylic acids is 1. The number of morpholine rings is 1. The van der Waals surface area contributed by atoms with Gasteiger partial charge in [0, 0.05) is 43.8 Å². The Balaban J connectivity index is 1.67. The van der Waals surface area contributed by atoms with Gasteiger partial charge in [0.1, 0.15) is 11.9 Å². The van der Waals surface area contributed by atoms with Crippen LogP contribution in [0.5, 0.6) is 0 Å². The van der Waals surface area contributed by atoms with Crippen molar-refractivity contribution in [2.45, 2.75) is 25.8 Å². The normalized spacial score (nSPS) is 18.6. The number of nitrogens with zero attached hydrogens (tertiary/aromatic N) is 4. The Hall–Kier alpha value is -2.15. The van der Waals surface area contributed by atoms with Crippen molar-refractivity contribution in [1.82, 2.24) is 24.6 Å². The molecule has 0 saturated carbocycles. The van der Waals surface area contributed by atoms with Gasteiger partial charge >= 0.3 is 0 Å². The lowest BCUT2D eigenvalue weighted by Crippen LogP contribution is -2.44. The second-order valence-electron chi connectivity index (χ2n) is 5.58. The molecule has 0 aromatic carbocycles. The molecule has 1 saturated heterocycles. The van der Waals surface area contributed by atoms with Crippen molar-refractivity contribution < 1.29 is 9.53 Å². The van der Waals surface area contributed by atoms with Gasteiger partial charge in [-0.3, -0.25) is 9.48 Å². The summed E-state index contributed by atoms with van der Waals surface area (Å²) in [6.07, 6.45) is 4.69. The number of nitrogens with one attached hydrogen (secondary N) is 1. The van der Waals surface area contributed by atoms with Crippen molar-refractivity contribution in [3.05, 3.63) is 35.7 Å². The fraction of sp³-hybridized carbons (Fsp3) is 0.533. The minimum atomic E-state index is -0.124. The number of ether oxygens (including phenoxy) is 1. The van der Waals surface area contributed by atoms with Crippen LogP contribution < -0.4 is 0 Å². The molecule has 1 N–H and O–H groups in total. The molecule has 1 unspecified atom stereocenters. The summed E-state index contributed by atoms with van der Waals surface area (Å²) < 4.78 is 7.33. The molecule has 7 nitrogen and oxygen atoms in total. The van der Waals surface area contributed by atoms with Crippen LogP contribution in [0.2, 0.25) is 0 Å². The van der Waals surface area contributed by atoms with E-state index in [1.807, 2.05) is 24.9 Å². The van der Waals surface area contributed by atoms with E-state index in [0.29, 0.717) is 32.6 Å². The maximum absolute atomic E-state index is 12.6. The summed E-state index contributed by atoms with van der Waals surface area (Å²) >= 11 is 0. The summed E-state index contributed by atoms with van der Waals surface area (Å²) in [7, 11) is 1.89. The molecule has 1 atom stereocenters. The van der Waals surface area contributed by atoms with Crippen LogP contribution in [0.4, 0.5) is 0 Å². The summed E-state index contributed by atoms with van der Waals surface area (Å²) in [5.74, 6) is 0.926. The van der Waals surface area contributed by atoms with Crippen LogP contribution in [-0.2, 0) is 23.0 Å². The number of aromatic amines is 1. The summed E-state index contributed by atoms with van der Waals surface area (Å²) in [5.41, 5.74) is 2.05. The highest BCUT2D eigenvalue weighted by Gasteiger charge is 2.30. The number of hydrogen-bond donors (Lipinski definition) is 1. The van der Waals surface area contributed by atoms with E-state index in [0.717, 1.165) is 17.2 Å². The van der Waals surface area contributed by atoms with Crippen molar-refractivity contribution >= 4 is 5.91 Å². The minimum absolute atomic E-state index is 0.124. The third kappa shape index (κ3) is 3.04. The zero-order valence-electron chi connectivity index (χ0n) is 13.0. The summed E-state index contributed by atoms with van der Waals surface area (Å²) in [5, 5.41) is 4.13. The predicted molar refractivity (Wildman–Crippen MR) is 80.1 cm³/mol. The van der Waals surface area contributed by atoms with E-state index in [-0.39, 0.29) is 11.9 Å². The Morgan fingerprint density at radius 2 is 2.41 bits per heavy atom. The summed E-state index contributed by atoms with van der Waals surface area (Å²) in [6.45, 7) is 3.63. The molecule has 3 rings (SSSR count). The molecule has 3 heterocycles. The molecule has 0 radical (unpaired) electrons. The number of carbonyl (C=O) groups is 1. The van der Waals surface area contributed by atoms with Crippen LogP contribution in [0.3, 0.4) is 0 Å². The molecule has 1 amide bonds. The number of rotatable bonds is 4. The van der Waals surface area contributed by atoms with Crippen molar-refractivity contribution in [3.8, 4) is 0 Å². The van der Waals surface area contributed by atoms with Gasteiger partial charge in [-0.05, 0) is 19.4 Å². The average molecular weight is 303 g/mol. The lowest BCUT2D eigenvalue weighted by atomic mass is 10.1. The highest BCUT2D eigenvalue weighted by atomic mass is 16.5. The topological polar surface area (TPSA) is 76.0 Å². The largest absolute Gasteiger partial charge is 0.377 e. The van der Waals surface area contributed by atoms with E-state index < -0.39 is 0 Å². The van der Waals surface area contributed by atoms with Crippen LogP contribution in [0.1, 0.15) is 29.7 Å². The van der Waals surface area contributed by atoms with Gasteiger partial charge in [-0.2, -0.15) is 5.10 Å². The van der Waals surface area contributed by atoms with Crippen molar-refractivity contribution in [3.63, 3.8) is 0 Å². The second kappa shape index (κ2) is 6.31. The molecule has 1 aliphatic rings. The first-order valence-corrected chi connectivity index (χ1v) is 7.51. The Bertz CT molecular complexity index is 648. The molecule has 1 aliphatic heterocycles. The Labute approximate surface area is 129 Å². The van der Waals surface area contributed by atoms with E-state index in [4.69, 9.17) is 4.74 Å². The van der Waals surface area contributed by atoms with E-state index in [1.165, 1.54) is 0 Å². The Morgan fingerprint density at radius 1 is 1.55 bits per heavy atom. The zero-order valence-corrected chi connectivity index (χ0v) is 13.0. The third-order valence-electron chi connectivity index (χ3n) is 4.00. The summed E-state index contributed by atoms with van der Waals surface area (Å²) in [6, 6.07) is 1.82. The molecule has 2 aromatic heterocycles. The molecule has 1 fully saturated rings. The highest BCUT2D eigenvalue weighted by molar-refractivity contribution is 5.77. The maximum atomic E-state index is 12.6. The van der Waals surface area contributed by atoms with Crippen LogP contribution in [0, 0.1) is 6.92 Å². The van der Waals surface area contributed by atoms with E-state index >= 15 is 0 Å². The average Bonchev–Trinajstić information content (AvgIpc) is 3.13. The maximum Gasteiger partial charge on any atom is 0.223 e. The molecule has 0 spiro atoms. The van der Waals surface area contributed by atoms with Crippen molar-refractivity contribution in [2.75, 3.05) is 19.8 Å². The SMILES string of the molecule is Cc1cnc(C2COCCN2C(=O)CCc2ccnn2C)[nH]1. The highest BCUT2D eigenvalue weighted by Crippen LogP contribution is 2.23. The minimum Gasteiger partial charge on any atom is -0.377 e. The summed E-state index contributed by atoms with van der Waals surface area (Å²) in [4.78, 5) is 22.0. The van der Waals surface area contributed by atoms with Gasteiger partial charge in [-0.25, -0.2) is 4.98 Å². The fourth-order valence-corrected chi connectivity index (χ4v) is 2.76. The molecule has 22 heavy (non-hydrogen) atoms. The fourth-order valence-electron chi connectivity index (χ4n) is 2.76. The number of amides is 1. The first kappa shape index (κ1) is 14.8. The Morgan fingerprint density at radius 3 is 3.09 bits per heavy atom. The van der Waals surface area contributed by atoms with Gasteiger partial charge in [0.25, 0.3) is 0 Å². The monoisotopic (exact) mass is 303 g/mol. The molecular weight excluding hydrogens is 282 g/mol. The lowest BCUT2D eigenvalue weighted by molar-refractivity contribution is -0.140. The van der Waals surface area contributed by atoms with Gasteiger partial charge < -0.3 is 14.6 Å². The van der Waals surface area contributed by atoms with Gasteiger partial charge in [-0.15, -0.1) is 0 Å². The molecular formula is C15H21N5O2. The standard InChI is InChI=1S/C15H21N5O2/c1-11-9-16-15(18-11)13-10-22-8-7-20(13)14(21)4-3-12-5-6-17-19(12)2/h5-6,9,13H,3-4,7-8,10H2,1-2H3,(H,16,18). The zero-order chi connectivity index (χ0) is 15.5. The Kier molecular flexibility index (Phi) is 4.24. The van der Waals surface area contributed by atoms with Crippen molar-refractivity contribution in [1.29, 1.82) is 0 Å². The number of imidazole rings is 1. The first-order valence-electron chi connectivity index (χ1n) is 7.51. The van der Waals surface area contributed by atoms with Crippen LogP contribution in [0.25, 0.3) is 0 Å². The second-order valence-corrected chi connectivity index (χ2v) is 5.58. The van der Waals surface area contributed by atoms with Gasteiger partial charge in [0.15, 0.2) is 0 Å². The molecule has 0 aliphatic carbocycles. The van der Waals surface area contributed by atoms with Crippen LogP contribution >= 0.6 is 0 Å². The smallest absolute Gasteiger partial charge is 0.223 e. The van der Waals surface area contributed by atoms with Gasteiger partial charge in [0.2, 0.25) is 5.91 Å². The number of aryl methyl sites for hydroxylation is 3. The predicted octanol–water partition coefficient (Wildman–Crippen LogP) is 0.984. The molecule has 118 valence electrons. The third-order valence-corrected chi connectivity index (χ3v) is 4.00. The molecule has 7 heteroatoms.